The van der Waals surface area contributed by atoms with Gasteiger partial charge >= 0.3 is 0 Å². The second kappa shape index (κ2) is 5.71. The Morgan fingerprint density at radius 3 is 3.05 bits per heavy atom. The van der Waals surface area contributed by atoms with Crippen LogP contribution in [0.3, 0.4) is 0 Å². The number of nitrogens with zero attached hydrogens (tertiary/aromatic N) is 3. The van der Waals surface area contributed by atoms with Crippen molar-refractivity contribution >= 4 is 5.91 Å². The number of β-amino-alcohol motifs (C(OH)–C–C–N with tert-alkyl or cyclic N) is 1. The normalized spacial score (nSPS) is 24.4. The van der Waals surface area contributed by atoms with E-state index in [1.165, 1.54) is 0 Å². The van der Waals surface area contributed by atoms with Crippen LogP contribution in [0, 0.1) is 0 Å². The van der Waals surface area contributed by atoms with Crippen molar-refractivity contribution in [3.05, 3.63) is 18.0 Å². The van der Waals surface area contributed by atoms with E-state index in [0.717, 1.165) is 25.1 Å². The summed E-state index contributed by atoms with van der Waals surface area (Å²) in [4.78, 5) is 13.6. The number of carbonyl (C=O) groups is 1. The van der Waals surface area contributed by atoms with Gasteiger partial charge in [-0.05, 0) is 19.4 Å². The lowest BCUT2D eigenvalue weighted by Gasteiger charge is -2.38. The van der Waals surface area contributed by atoms with Crippen LogP contribution in [0.4, 0.5) is 0 Å². The van der Waals surface area contributed by atoms with Crippen molar-refractivity contribution in [2.45, 2.75) is 31.4 Å². The second-order valence-corrected chi connectivity index (χ2v) is 5.41. The van der Waals surface area contributed by atoms with Crippen LogP contribution < -0.4 is 5.32 Å². The van der Waals surface area contributed by atoms with Crippen LogP contribution in [-0.4, -0.2) is 51.4 Å². The van der Waals surface area contributed by atoms with Crippen LogP contribution in [0.5, 0.6) is 0 Å². The zero-order valence-corrected chi connectivity index (χ0v) is 11.6. The summed E-state index contributed by atoms with van der Waals surface area (Å²) < 4.78 is 1.77. The van der Waals surface area contributed by atoms with Crippen molar-refractivity contribution in [3.63, 3.8) is 0 Å². The maximum atomic E-state index is 11.5. The van der Waals surface area contributed by atoms with E-state index in [0.29, 0.717) is 13.0 Å². The number of likely N-dealkylation sites (tertiary alicyclic amines) is 1. The Hall–Kier alpha value is -1.40. The number of aliphatic hydroxyl groups is 1. The summed E-state index contributed by atoms with van der Waals surface area (Å²) >= 11 is 0. The number of aromatic nitrogens is 2. The molecule has 0 spiro atoms. The first-order chi connectivity index (χ1) is 9.00. The minimum Gasteiger partial charge on any atom is -0.388 e. The fourth-order valence-electron chi connectivity index (χ4n) is 2.68. The number of amides is 1. The molecule has 19 heavy (non-hydrogen) atoms. The van der Waals surface area contributed by atoms with Crippen LogP contribution >= 0.6 is 0 Å². The first kappa shape index (κ1) is 14.0. The molecule has 106 valence electrons. The zero-order chi connectivity index (χ0) is 13.9. The Labute approximate surface area is 113 Å². The molecule has 0 radical (unpaired) electrons. The topological polar surface area (TPSA) is 70.4 Å². The Morgan fingerprint density at radius 1 is 1.63 bits per heavy atom. The molecule has 0 bridgehead atoms. The van der Waals surface area contributed by atoms with E-state index < -0.39 is 5.60 Å². The lowest BCUT2D eigenvalue weighted by molar-refractivity contribution is -0.128. The molecule has 2 rings (SSSR count). The van der Waals surface area contributed by atoms with Gasteiger partial charge in [0.25, 0.3) is 0 Å². The molecule has 1 atom stereocenters. The third kappa shape index (κ3) is 3.78. The van der Waals surface area contributed by atoms with Crippen LogP contribution in [0.2, 0.25) is 0 Å². The summed E-state index contributed by atoms with van der Waals surface area (Å²) in [5, 5.41) is 17.2. The van der Waals surface area contributed by atoms with Gasteiger partial charge in [-0.2, -0.15) is 5.10 Å². The molecule has 6 nitrogen and oxygen atoms in total. The molecule has 0 aromatic carbocycles. The van der Waals surface area contributed by atoms with Crippen molar-refractivity contribution in [1.82, 2.24) is 20.0 Å². The van der Waals surface area contributed by atoms with Gasteiger partial charge in [-0.25, -0.2) is 0 Å². The van der Waals surface area contributed by atoms with Crippen molar-refractivity contribution in [2.24, 2.45) is 7.05 Å². The van der Waals surface area contributed by atoms with Gasteiger partial charge in [0.05, 0.1) is 18.2 Å². The largest absolute Gasteiger partial charge is 0.388 e. The Bertz CT molecular complexity index is 446. The predicted octanol–water partition coefficient (Wildman–Crippen LogP) is -0.117. The molecule has 1 unspecified atom stereocenters. The highest BCUT2D eigenvalue weighted by molar-refractivity contribution is 5.76. The van der Waals surface area contributed by atoms with Crippen molar-refractivity contribution < 1.29 is 9.90 Å². The summed E-state index contributed by atoms with van der Waals surface area (Å²) in [7, 11) is 3.49. The van der Waals surface area contributed by atoms with E-state index in [9.17, 15) is 9.90 Å². The smallest absolute Gasteiger partial charge is 0.222 e. The van der Waals surface area contributed by atoms with Crippen molar-refractivity contribution in [2.75, 3.05) is 20.1 Å². The highest BCUT2D eigenvalue weighted by Crippen LogP contribution is 2.25. The van der Waals surface area contributed by atoms with Gasteiger partial charge in [0, 0.05) is 38.9 Å². The van der Waals surface area contributed by atoms with Gasteiger partial charge in [0.15, 0.2) is 0 Å². The van der Waals surface area contributed by atoms with Gasteiger partial charge in [0.1, 0.15) is 0 Å². The van der Waals surface area contributed by atoms with Gasteiger partial charge in [-0.3, -0.25) is 14.4 Å². The van der Waals surface area contributed by atoms with E-state index in [4.69, 9.17) is 0 Å². The Morgan fingerprint density at radius 2 is 2.42 bits per heavy atom. The lowest BCUT2D eigenvalue weighted by Crippen LogP contribution is -2.49. The van der Waals surface area contributed by atoms with E-state index in [1.807, 2.05) is 19.4 Å². The highest BCUT2D eigenvalue weighted by Gasteiger charge is 2.35. The van der Waals surface area contributed by atoms with Gasteiger partial charge < -0.3 is 10.4 Å². The summed E-state index contributed by atoms with van der Waals surface area (Å²) in [5.74, 6) is -0.106. The molecule has 1 aromatic heterocycles. The molecule has 1 aromatic rings. The summed E-state index contributed by atoms with van der Waals surface area (Å²) in [6.07, 6.45) is 5.59. The first-order valence-corrected chi connectivity index (χ1v) is 6.64. The molecule has 0 saturated carbocycles. The number of carbonyl (C=O) groups excluding carboxylic acids is 1. The average molecular weight is 266 g/mol. The molecule has 1 aliphatic heterocycles. The average Bonchev–Trinajstić information content (AvgIpc) is 2.74. The van der Waals surface area contributed by atoms with E-state index >= 15 is 0 Å². The number of nitrogens with one attached hydrogen (secondary N) is 1. The first-order valence-electron chi connectivity index (χ1n) is 6.64. The molecule has 1 fully saturated rings. The predicted molar refractivity (Wildman–Crippen MR) is 71.4 cm³/mol. The fraction of sp³-hybridized carbons (Fsp3) is 0.692. The zero-order valence-electron chi connectivity index (χ0n) is 11.6. The maximum absolute atomic E-state index is 11.5. The SMILES string of the molecule is CNC(=O)CC1(O)CCCN(Cc2cnn(C)c2)C1. The number of hydrogen-bond acceptors (Lipinski definition) is 4. The van der Waals surface area contributed by atoms with Gasteiger partial charge in [-0.15, -0.1) is 0 Å². The summed E-state index contributed by atoms with van der Waals surface area (Å²) in [6.45, 7) is 2.25. The molecular weight excluding hydrogens is 244 g/mol. The minimum atomic E-state index is -0.902. The number of piperidine rings is 1. The Kier molecular flexibility index (Phi) is 4.21. The molecule has 0 aliphatic carbocycles. The molecule has 1 aliphatic rings. The van der Waals surface area contributed by atoms with Crippen LogP contribution in [0.15, 0.2) is 12.4 Å². The third-order valence-electron chi connectivity index (χ3n) is 3.57. The minimum absolute atomic E-state index is 0.106. The standard InChI is InChI=1S/C13H22N4O2/c1-14-12(18)6-13(19)4-3-5-17(10-13)9-11-7-15-16(2)8-11/h7-8,19H,3-6,9-10H2,1-2H3,(H,14,18). The van der Waals surface area contributed by atoms with Crippen molar-refractivity contribution in [1.29, 1.82) is 0 Å². The molecule has 6 heteroatoms. The van der Waals surface area contributed by atoms with Crippen LogP contribution in [-0.2, 0) is 18.4 Å². The molecule has 2 N–H and O–H groups in total. The molecular formula is C13H22N4O2. The quantitative estimate of drug-likeness (QED) is 0.797. The number of rotatable bonds is 4. The number of hydrogen-bond donors (Lipinski definition) is 2. The fourth-order valence-corrected chi connectivity index (χ4v) is 2.68. The third-order valence-corrected chi connectivity index (χ3v) is 3.57. The van der Waals surface area contributed by atoms with E-state index in [-0.39, 0.29) is 12.3 Å². The molecule has 1 saturated heterocycles. The lowest BCUT2D eigenvalue weighted by atomic mass is 9.89. The summed E-state index contributed by atoms with van der Waals surface area (Å²) in [6, 6.07) is 0. The van der Waals surface area contributed by atoms with Crippen molar-refractivity contribution in [3.8, 4) is 0 Å². The van der Waals surface area contributed by atoms with E-state index in [1.54, 1.807) is 11.7 Å². The number of aryl methyl sites for hydroxylation is 1. The maximum Gasteiger partial charge on any atom is 0.222 e. The second-order valence-electron chi connectivity index (χ2n) is 5.41. The van der Waals surface area contributed by atoms with Crippen LogP contribution in [0.1, 0.15) is 24.8 Å². The van der Waals surface area contributed by atoms with Gasteiger partial charge in [0.2, 0.25) is 5.91 Å². The molecule has 2 heterocycles. The van der Waals surface area contributed by atoms with Gasteiger partial charge in [-0.1, -0.05) is 0 Å². The molecule has 1 amide bonds. The monoisotopic (exact) mass is 266 g/mol. The van der Waals surface area contributed by atoms with E-state index in [2.05, 4.69) is 15.3 Å². The summed E-state index contributed by atoms with van der Waals surface area (Å²) in [5.41, 5.74) is 0.229. The van der Waals surface area contributed by atoms with Crippen LogP contribution in [0.25, 0.3) is 0 Å². The Balaban J connectivity index is 1.94. The highest BCUT2D eigenvalue weighted by atomic mass is 16.3.